The van der Waals surface area contributed by atoms with Gasteiger partial charge in [0.2, 0.25) is 0 Å². The normalized spacial score (nSPS) is 12.7. The smallest absolute Gasteiger partial charge is 0.407 e. The number of ether oxygens (including phenoxy) is 3. The number of aliphatic hydroxyl groups excluding tert-OH is 1. The molecule has 1 aromatic carbocycles. The highest BCUT2D eigenvalue weighted by atomic mass is 16.6. The van der Waals surface area contributed by atoms with E-state index in [2.05, 4.69) is 20.9 Å². The second kappa shape index (κ2) is 12.8. The van der Waals surface area contributed by atoms with Gasteiger partial charge >= 0.3 is 6.09 Å². The van der Waals surface area contributed by atoms with Gasteiger partial charge in [0.05, 0.1) is 26.9 Å². The Labute approximate surface area is 179 Å². The molecule has 1 amide bonds. The highest BCUT2D eigenvalue weighted by Crippen LogP contribution is 2.26. The van der Waals surface area contributed by atoms with E-state index in [4.69, 9.17) is 14.2 Å². The first kappa shape index (κ1) is 25.4. The predicted molar refractivity (Wildman–Crippen MR) is 117 cm³/mol. The molecule has 0 aliphatic carbocycles. The molecule has 0 aliphatic rings. The molecular weight excluding hydrogens is 388 g/mol. The molecule has 170 valence electrons. The number of aliphatic hydroxyl groups is 1. The summed E-state index contributed by atoms with van der Waals surface area (Å²) in [5.74, 6) is 1.80. The van der Waals surface area contributed by atoms with Crippen molar-refractivity contribution in [2.24, 2.45) is 4.99 Å². The quantitative estimate of drug-likeness (QED) is 0.259. The summed E-state index contributed by atoms with van der Waals surface area (Å²) in [7, 11) is 3.13. The van der Waals surface area contributed by atoms with Gasteiger partial charge in [-0.25, -0.2) is 4.79 Å². The molecule has 1 unspecified atom stereocenters. The minimum absolute atomic E-state index is 0.168. The predicted octanol–water partition coefficient (Wildman–Crippen LogP) is 2.21. The van der Waals surface area contributed by atoms with Gasteiger partial charge in [0.1, 0.15) is 17.1 Å². The summed E-state index contributed by atoms with van der Waals surface area (Å²) in [5, 5.41) is 19.5. The van der Waals surface area contributed by atoms with E-state index in [1.54, 1.807) is 32.4 Å². The summed E-state index contributed by atoms with van der Waals surface area (Å²) >= 11 is 0. The van der Waals surface area contributed by atoms with Crippen LogP contribution in [0.2, 0.25) is 0 Å². The Bertz CT molecular complexity index is 666. The number of amides is 1. The van der Waals surface area contributed by atoms with Crippen molar-refractivity contribution in [1.29, 1.82) is 0 Å². The van der Waals surface area contributed by atoms with Crippen LogP contribution in [0.3, 0.4) is 0 Å². The highest BCUT2D eigenvalue weighted by molar-refractivity contribution is 5.79. The van der Waals surface area contributed by atoms with Crippen molar-refractivity contribution < 1.29 is 24.1 Å². The second-order valence-electron chi connectivity index (χ2n) is 7.59. The van der Waals surface area contributed by atoms with Gasteiger partial charge in [-0.2, -0.15) is 0 Å². The van der Waals surface area contributed by atoms with E-state index in [9.17, 15) is 9.90 Å². The molecule has 0 aliphatic heterocycles. The number of carbonyl (C=O) groups is 1. The third kappa shape index (κ3) is 10.2. The average Bonchev–Trinajstić information content (AvgIpc) is 2.69. The van der Waals surface area contributed by atoms with Crippen molar-refractivity contribution in [2.75, 3.05) is 40.4 Å². The van der Waals surface area contributed by atoms with E-state index in [1.165, 1.54) is 0 Å². The number of hydrogen-bond acceptors (Lipinski definition) is 6. The molecule has 0 spiro atoms. The number of rotatable bonds is 10. The molecule has 9 nitrogen and oxygen atoms in total. The molecule has 0 radical (unpaired) electrons. The van der Waals surface area contributed by atoms with Gasteiger partial charge in [0.25, 0.3) is 0 Å². The van der Waals surface area contributed by atoms with E-state index < -0.39 is 17.8 Å². The Morgan fingerprint density at radius 2 is 1.67 bits per heavy atom. The molecular formula is C21H36N4O5. The van der Waals surface area contributed by atoms with Crippen LogP contribution >= 0.6 is 0 Å². The fourth-order valence-electron chi connectivity index (χ4n) is 2.45. The zero-order valence-electron chi connectivity index (χ0n) is 18.9. The monoisotopic (exact) mass is 424 g/mol. The van der Waals surface area contributed by atoms with Crippen LogP contribution in [0.5, 0.6) is 11.5 Å². The van der Waals surface area contributed by atoms with Gasteiger partial charge in [-0.15, -0.1) is 0 Å². The molecule has 9 heteroatoms. The molecule has 0 heterocycles. The van der Waals surface area contributed by atoms with Crippen molar-refractivity contribution >= 4 is 12.1 Å². The molecule has 1 rings (SSSR count). The Balaban J connectivity index is 2.53. The molecule has 0 fully saturated rings. The second-order valence-corrected chi connectivity index (χ2v) is 7.59. The number of nitrogens with one attached hydrogen (secondary N) is 3. The van der Waals surface area contributed by atoms with E-state index in [1.807, 2.05) is 27.7 Å². The lowest BCUT2D eigenvalue weighted by atomic mass is 10.1. The fourth-order valence-corrected chi connectivity index (χ4v) is 2.45. The van der Waals surface area contributed by atoms with E-state index in [0.29, 0.717) is 49.1 Å². The first-order valence-corrected chi connectivity index (χ1v) is 10.1. The maximum atomic E-state index is 11.6. The first-order chi connectivity index (χ1) is 14.2. The zero-order chi connectivity index (χ0) is 22.6. The lowest BCUT2D eigenvalue weighted by molar-refractivity contribution is 0.0527. The summed E-state index contributed by atoms with van der Waals surface area (Å²) in [4.78, 5) is 16.1. The minimum atomic E-state index is -0.807. The summed E-state index contributed by atoms with van der Waals surface area (Å²) in [6, 6.07) is 5.26. The van der Waals surface area contributed by atoms with Crippen molar-refractivity contribution in [3.8, 4) is 11.5 Å². The molecule has 0 saturated heterocycles. The number of alkyl carbamates (subject to hydrolysis) is 1. The van der Waals surface area contributed by atoms with E-state index in [-0.39, 0.29) is 6.54 Å². The van der Waals surface area contributed by atoms with Gasteiger partial charge in [-0.3, -0.25) is 4.99 Å². The third-order valence-corrected chi connectivity index (χ3v) is 3.84. The number of guanidine groups is 1. The summed E-state index contributed by atoms with van der Waals surface area (Å²) in [5.41, 5.74) is 0.147. The van der Waals surface area contributed by atoms with Crippen LogP contribution in [-0.2, 0) is 4.74 Å². The standard InChI is InChI=1S/C21H36N4O5/c1-7-22-19(23-9-8-10-24-20(27)30-21(2,3)4)25-14-18(26)15-11-16(28-5)13-17(12-15)29-6/h11-13,18,26H,7-10,14H2,1-6H3,(H,24,27)(H2,22,23,25). The number of benzene rings is 1. The molecule has 0 aromatic heterocycles. The maximum absolute atomic E-state index is 11.6. The highest BCUT2D eigenvalue weighted by Gasteiger charge is 2.15. The van der Waals surface area contributed by atoms with E-state index >= 15 is 0 Å². The molecule has 1 aromatic rings. The van der Waals surface area contributed by atoms with Crippen molar-refractivity contribution in [3.63, 3.8) is 0 Å². The van der Waals surface area contributed by atoms with Crippen molar-refractivity contribution in [3.05, 3.63) is 23.8 Å². The van der Waals surface area contributed by atoms with Gasteiger partial charge in [0, 0.05) is 25.7 Å². The Morgan fingerprint density at radius 1 is 1.07 bits per heavy atom. The Hall–Kier alpha value is -2.68. The van der Waals surface area contributed by atoms with Crippen LogP contribution in [0.25, 0.3) is 0 Å². The Kier molecular flexibility index (Phi) is 10.8. The van der Waals surface area contributed by atoms with Crippen LogP contribution in [-0.4, -0.2) is 63.2 Å². The average molecular weight is 425 g/mol. The fraction of sp³-hybridized carbons (Fsp3) is 0.619. The molecule has 1 atom stereocenters. The third-order valence-electron chi connectivity index (χ3n) is 3.84. The van der Waals surface area contributed by atoms with Crippen LogP contribution in [0.4, 0.5) is 4.79 Å². The van der Waals surface area contributed by atoms with Gasteiger partial charge < -0.3 is 35.3 Å². The Morgan fingerprint density at radius 3 is 2.20 bits per heavy atom. The van der Waals surface area contributed by atoms with Crippen LogP contribution in [0.1, 0.15) is 45.8 Å². The van der Waals surface area contributed by atoms with Crippen LogP contribution in [0.15, 0.2) is 23.2 Å². The summed E-state index contributed by atoms with van der Waals surface area (Å²) in [6.07, 6.45) is -0.544. The number of carbonyl (C=O) groups excluding carboxylic acids is 1. The lowest BCUT2D eigenvalue weighted by Crippen LogP contribution is -2.39. The number of nitrogens with zero attached hydrogens (tertiary/aromatic N) is 1. The number of aliphatic imine (C=N–C) groups is 1. The van der Waals surface area contributed by atoms with Crippen molar-refractivity contribution in [1.82, 2.24) is 16.0 Å². The van der Waals surface area contributed by atoms with Crippen LogP contribution < -0.4 is 25.4 Å². The van der Waals surface area contributed by atoms with Gasteiger partial charge in [-0.1, -0.05) is 0 Å². The molecule has 0 saturated carbocycles. The minimum Gasteiger partial charge on any atom is -0.497 e. The van der Waals surface area contributed by atoms with Crippen molar-refractivity contribution in [2.45, 2.75) is 45.8 Å². The number of hydrogen-bond donors (Lipinski definition) is 4. The molecule has 0 bridgehead atoms. The molecule has 4 N–H and O–H groups in total. The summed E-state index contributed by atoms with van der Waals surface area (Å²) in [6.45, 7) is 9.37. The maximum Gasteiger partial charge on any atom is 0.407 e. The lowest BCUT2D eigenvalue weighted by Gasteiger charge is -2.19. The topological polar surface area (TPSA) is 113 Å². The first-order valence-electron chi connectivity index (χ1n) is 10.1. The van der Waals surface area contributed by atoms with E-state index in [0.717, 1.165) is 0 Å². The van der Waals surface area contributed by atoms with Gasteiger partial charge in [-0.05, 0) is 51.8 Å². The van der Waals surface area contributed by atoms with Gasteiger partial charge in [0.15, 0.2) is 5.96 Å². The summed E-state index contributed by atoms with van der Waals surface area (Å²) < 4.78 is 15.7. The zero-order valence-corrected chi connectivity index (χ0v) is 18.9. The number of methoxy groups -OCH3 is 2. The largest absolute Gasteiger partial charge is 0.497 e. The SMILES string of the molecule is CCNC(=NCC(O)c1cc(OC)cc(OC)c1)NCCCNC(=O)OC(C)(C)C. The van der Waals surface area contributed by atoms with Crippen LogP contribution in [0, 0.1) is 0 Å². The molecule has 30 heavy (non-hydrogen) atoms.